The van der Waals surface area contributed by atoms with Crippen LogP contribution in [0.15, 0.2) is 6.20 Å². The minimum Gasteiger partial charge on any atom is -0.377 e. The van der Waals surface area contributed by atoms with Crippen molar-refractivity contribution in [1.82, 2.24) is 19.2 Å². The van der Waals surface area contributed by atoms with Crippen molar-refractivity contribution in [3.05, 3.63) is 11.5 Å². The van der Waals surface area contributed by atoms with Crippen molar-refractivity contribution >= 4 is 38.5 Å². The van der Waals surface area contributed by atoms with Gasteiger partial charge in [0, 0.05) is 6.54 Å². The molecule has 23 heavy (non-hydrogen) atoms. The van der Waals surface area contributed by atoms with Gasteiger partial charge >= 0.3 is 0 Å². The fourth-order valence-electron chi connectivity index (χ4n) is 2.80. The molecule has 1 atom stereocenters. The van der Waals surface area contributed by atoms with Crippen molar-refractivity contribution in [2.24, 2.45) is 0 Å². The molecule has 2 aromatic heterocycles. The largest absolute Gasteiger partial charge is 0.377 e. The van der Waals surface area contributed by atoms with Gasteiger partial charge in [0.1, 0.15) is 5.82 Å². The molecule has 0 spiro atoms. The Bertz CT molecular complexity index is 864. The second-order valence-electron chi connectivity index (χ2n) is 5.90. The van der Waals surface area contributed by atoms with Gasteiger partial charge in [0.2, 0.25) is 5.28 Å². The van der Waals surface area contributed by atoms with Gasteiger partial charge in [-0.3, -0.25) is 0 Å². The van der Waals surface area contributed by atoms with Crippen LogP contribution in [0, 0.1) is 0 Å². The number of aromatic nitrogens is 4. The summed E-state index contributed by atoms with van der Waals surface area (Å²) in [5, 5.41) is 4.29. The molecule has 0 amide bonds. The van der Waals surface area contributed by atoms with Crippen LogP contribution in [-0.2, 0) is 14.8 Å². The molecule has 1 saturated heterocycles. The number of halogens is 1. The Morgan fingerprint density at radius 3 is 2.83 bits per heavy atom. The molecular weight excluding hydrogens is 342 g/mol. The topological polar surface area (TPSA) is 90.2 Å². The SMILES string of the molecule is C[C@@H]1COCCN1c1nc(Cl)nc2c1cnn2S(=O)(=O)C1CC1. The number of fused-ring (bicyclic) bond motifs is 1. The van der Waals surface area contributed by atoms with Crippen LogP contribution in [0.1, 0.15) is 19.8 Å². The van der Waals surface area contributed by atoms with Crippen LogP contribution in [0.4, 0.5) is 5.82 Å². The highest BCUT2D eigenvalue weighted by Crippen LogP contribution is 2.33. The first-order chi connectivity index (χ1) is 11.0. The van der Waals surface area contributed by atoms with Crippen molar-refractivity contribution in [2.45, 2.75) is 31.1 Å². The third kappa shape index (κ3) is 2.47. The Labute approximate surface area is 138 Å². The summed E-state index contributed by atoms with van der Waals surface area (Å²) in [5.74, 6) is 0.605. The average Bonchev–Trinajstić information content (AvgIpc) is 3.28. The number of nitrogens with zero attached hydrogens (tertiary/aromatic N) is 5. The zero-order valence-corrected chi connectivity index (χ0v) is 14.1. The number of anilines is 1. The van der Waals surface area contributed by atoms with Gasteiger partial charge in [0.25, 0.3) is 10.0 Å². The number of hydrogen-bond donors (Lipinski definition) is 0. The van der Waals surface area contributed by atoms with E-state index in [0.29, 0.717) is 43.8 Å². The normalized spacial score (nSPS) is 22.7. The van der Waals surface area contributed by atoms with Crippen molar-refractivity contribution in [1.29, 1.82) is 0 Å². The van der Waals surface area contributed by atoms with Crippen LogP contribution in [0.5, 0.6) is 0 Å². The minimum absolute atomic E-state index is 0.0129. The number of hydrogen-bond acceptors (Lipinski definition) is 7. The van der Waals surface area contributed by atoms with Crippen LogP contribution in [0.2, 0.25) is 5.28 Å². The lowest BCUT2D eigenvalue weighted by atomic mass is 10.2. The van der Waals surface area contributed by atoms with Crippen LogP contribution >= 0.6 is 11.6 Å². The van der Waals surface area contributed by atoms with Crippen molar-refractivity contribution in [2.75, 3.05) is 24.7 Å². The van der Waals surface area contributed by atoms with Gasteiger partial charge in [-0.1, -0.05) is 0 Å². The predicted octanol–water partition coefficient (Wildman–Crippen LogP) is 1.05. The molecule has 8 nitrogen and oxygen atoms in total. The van der Waals surface area contributed by atoms with Gasteiger partial charge in [-0.25, -0.2) is 8.42 Å². The van der Waals surface area contributed by atoms with Crippen molar-refractivity contribution < 1.29 is 13.2 Å². The second-order valence-corrected chi connectivity index (χ2v) is 8.28. The van der Waals surface area contributed by atoms with Crippen LogP contribution in [-0.4, -0.2) is 58.6 Å². The Hall–Kier alpha value is -1.45. The van der Waals surface area contributed by atoms with Gasteiger partial charge in [-0.15, -0.1) is 4.09 Å². The van der Waals surface area contributed by atoms with Crippen LogP contribution < -0.4 is 4.90 Å². The summed E-state index contributed by atoms with van der Waals surface area (Å²) in [5.41, 5.74) is 0.241. The van der Waals surface area contributed by atoms with E-state index in [1.807, 2.05) is 6.92 Å². The summed E-state index contributed by atoms with van der Waals surface area (Å²) in [4.78, 5) is 10.5. The average molecular weight is 358 g/mol. The van der Waals surface area contributed by atoms with Gasteiger partial charge in [-0.2, -0.15) is 15.1 Å². The molecule has 0 N–H and O–H groups in total. The molecule has 4 rings (SSSR count). The Morgan fingerprint density at radius 1 is 1.35 bits per heavy atom. The van der Waals surface area contributed by atoms with E-state index in [9.17, 15) is 8.42 Å². The molecule has 0 unspecified atom stereocenters. The smallest absolute Gasteiger partial charge is 0.258 e. The summed E-state index contributed by atoms with van der Waals surface area (Å²) >= 11 is 6.05. The fraction of sp³-hybridized carbons (Fsp3) is 0.615. The third-order valence-corrected chi connectivity index (χ3v) is 6.41. The van der Waals surface area contributed by atoms with E-state index in [-0.39, 0.29) is 22.2 Å². The summed E-state index contributed by atoms with van der Waals surface area (Å²) in [6, 6.07) is 0.112. The summed E-state index contributed by atoms with van der Waals surface area (Å²) in [7, 11) is -3.51. The Balaban J connectivity index is 1.88. The number of ether oxygens (including phenoxy) is 1. The Kier molecular flexibility index (Phi) is 3.47. The first-order valence-corrected chi connectivity index (χ1v) is 9.36. The van der Waals surface area contributed by atoms with E-state index in [1.54, 1.807) is 0 Å². The molecule has 124 valence electrons. The lowest BCUT2D eigenvalue weighted by molar-refractivity contribution is 0.0987. The van der Waals surface area contributed by atoms with E-state index in [0.717, 1.165) is 4.09 Å². The van der Waals surface area contributed by atoms with Crippen molar-refractivity contribution in [3.8, 4) is 0 Å². The maximum atomic E-state index is 12.5. The highest BCUT2D eigenvalue weighted by molar-refractivity contribution is 7.90. The molecule has 0 aromatic carbocycles. The van der Waals surface area contributed by atoms with Crippen molar-refractivity contribution in [3.63, 3.8) is 0 Å². The monoisotopic (exact) mass is 357 g/mol. The van der Waals surface area contributed by atoms with E-state index in [1.165, 1.54) is 6.20 Å². The summed E-state index contributed by atoms with van der Waals surface area (Å²) in [6.07, 6.45) is 2.83. The standard InChI is InChI=1S/C13H16ClN5O3S/c1-8-7-22-5-4-18(8)11-10-6-15-19(12(10)17-13(14)16-11)23(20,21)9-2-3-9/h6,8-9H,2-5,7H2,1H3/t8-/m1/s1. The van der Waals surface area contributed by atoms with E-state index >= 15 is 0 Å². The fourth-order valence-corrected chi connectivity index (χ4v) is 4.53. The molecule has 0 radical (unpaired) electrons. The quantitative estimate of drug-likeness (QED) is 0.758. The zero-order chi connectivity index (χ0) is 16.2. The lowest BCUT2D eigenvalue weighted by Crippen LogP contribution is -2.44. The summed E-state index contributed by atoms with van der Waals surface area (Å²) < 4.78 is 31.4. The predicted molar refractivity (Wildman–Crippen MR) is 85.3 cm³/mol. The maximum Gasteiger partial charge on any atom is 0.258 e. The van der Waals surface area contributed by atoms with Crippen LogP contribution in [0.25, 0.3) is 11.0 Å². The molecule has 2 aromatic rings. The van der Waals surface area contributed by atoms with E-state index in [4.69, 9.17) is 16.3 Å². The minimum atomic E-state index is -3.51. The van der Waals surface area contributed by atoms with Crippen LogP contribution in [0.3, 0.4) is 0 Å². The lowest BCUT2D eigenvalue weighted by Gasteiger charge is -2.34. The molecule has 2 fully saturated rings. The van der Waals surface area contributed by atoms with Gasteiger partial charge in [0.15, 0.2) is 5.65 Å². The van der Waals surface area contributed by atoms with Gasteiger partial charge in [-0.05, 0) is 31.4 Å². The number of rotatable bonds is 3. The molecule has 0 bridgehead atoms. The van der Waals surface area contributed by atoms with E-state index in [2.05, 4.69) is 20.0 Å². The molecule has 1 aliphatic heterocycles. The summed E-state index contributed by atoms with van der Waals surface area (Å²) in [6.45, 7) is 3.84. The first-order valence-electron chi connectivity index (χ1n) is 7.48. The third-order valence-electron chi connectivity index (χ3n) is 4.18. The number of morpholine rings is 1. The van der Waals surface area contributed by atoms with Gasteiger partial charge in [0.05, 0.1) is 36.1 Å². The molecule has 1 aliphatic carbocycles. The zero-order valence-electron chi connectivity index (χ0n) is 12.5. The highest BCUT2D eigenvalue weighted by atomic mass is 35.5. The first kappa shape index (κ1) is 15.1. The molecule has 3 heterocycles. The Morgan fingerprint density at radius 2 is 2.13 bits per heavy atom. The molecule has 2 aliphatic rings. The second kappa shape index (κ2) is 5.29. The van der Waals surface area contributed by atoms with Gasteiger partial charge < -0.3 is 9.64 Å². The molecule has 1 saturated carbocycles. The maximum absolute atomic E-state index is 12.5. The highest BCUT2D eigenvalue weighted by Gasteiger charge is 2.39. The molecule has 10 heteroatoms. The molecular formula is C13H16ClN5O3S. The van der Waals surface area contributed by atoms with E-state index < -0.39 is 10.0 Å².